The first-order valence-corrected chi connectivity index (χ1v) is 12.4. The van der Waals surface area contributed by atoms with Crippen LogP contribution in [0.25, 0.3) is 0 Å². The van der Waals surface area contributed by atoms with Crippen molar-refractivity contribution in [3.05, 3.63) is 60.2 Å². The van der Waals surface area contributed by atoms with Crippen LogP contribution < -0.4 is 10.2 Å². The summed E-state index contributed by atoms with van der Waals surface area (Å²) in [6.07, 6.45) is 0.766. The molecular weight excluding hydrogens is 480 g/mol. The summed E-state index contributed by atoms with van der Waals surface area (Å²) < 4.78 is 10.1. The van der Waals surface area contributed by atoms with Crippen LogP contribution in [0.15, 0.2) is 54.6 Å². The molecule has 2 aliphatic rings. The van der Waals surface area contributed by atoms with Crippen molar-refractivity contribution in [1.82, 2.24) is 9.80 Å². The molecule has 0 aromatic heterocycles. The summed E-state index contributed by atoms with van der Waals surface area (Å²) in [7, 11) is 1.31. The zero-order valence-electron chi connectivity index (χ0n) is 20.2. The molecule has 4 rings (SSSR count). The van der Waals surface area contributed by atoms with E-state index >= 15 is 0 Å². The van der Waals surface area contributed by atoms with E-state index in [1.165, 1.54) is 12.0 Å². The largest absolute Gasteiger partial charge is 0.465 e. The molecule has 1 atom stereocenters. The van der Waals surface area contributed by atoms with Gasteiger partial charge in [0, 0.05) is 31.9 Å². The van der Waals surface area contributed by atoms with Crippen LogP contribution in [0, 0.1) is 0 Å². The number of carbonyl (C=O) groups is 3. The number of benzene rings is 2. The molecule has 9 nitrogen and oxygen atoms in total. The van der Waals surface area contributed by atoms with Gasteiger partial charge in [-0.2, -0.15) is 0 Å². The number of rotatable bonds is 9. The first-order valence-electron chi connectivity index (χ1n) is 12.0. The van der Waals surface area contributed by atoms with Gasteiger partial charge >= 0.3 is 5.97 Å². The predicted octanol–water partition coefficient (Wildman–Crippen LogP) is 2.53. The molecule has 1 N–H and O–H groups in total. The second-order valence-corrected chi connectivity index (χ2v) is 8.99. The van der Waals surface area contributed by atoms with Crippen molar-refractivity contribution in [2.75, 3.05) is 56.7 Å². The topological polar surface area (TPSA) is 91.4 Å². The molecular formula is C26H30N4O5S. The molecule has 2 aromatic rings. The fourth-order valence-electron chi connectivity index (χ4n) is 4.39. The summed E-state index contributed by atoms with van der Waals surface area (Å²) in [5.41, 5.74) is 1.60. The third kappa shape index (κ3) is 6.07. The number of thiocarbonyl (C=S) groups is 1. The third-order valence-corrected chi connectivity index (χ3v) is 6.70. The summed E-state index contributed by atoms with van der Waals surface area (Å²) in [5.74, 6) is -0.976. The SMILES string of the molecule is COC(=O)c1ccc(NC(=O)C[C@@H]2C(=O)N(c3ccccc3)C(=S)N2CCCN2CCOCC2)cc1. The van der Waals surface area contributed by atoms with Crippen molar-refractivity contribution in [3.63, 3.8) is 0 Å². The molecule has 2 aliphatic heterocycles. The molecule has 2 amide bonds. The number of nitrogens with one attached hydrogen (secondary N) is 1. The average Bonchev–Trinajstić information content (AvgIpc) is 3.13. The maximum absolute atomic E-state index is 13.5. The van der Waals surface area contributed by atoms with Gasteiger partial charge in [-0.15, -0.1) is 0 Å². The van der Waals surface area contributed by atoms with Crippen molar-refractivity contribution in [3.8, 4) is 0 Å². The molecule has 36 heavy (non-hydrogen) atoms. The second-order valence-electron chi connectivity index (χ2n) is 8.63. The van der Waals surface area contributed by atoms with Crippen molar-refractivity contribution in [2.24, 2.45) is 0 Å². The summed E-state index contributed by atoms with van der Waals surface area (Å²) in [6, 6.07) is 15.0. The zero-order chi connectivity index (χ0) is 25.5. The van der Waals surface area contributed by atoms with E-state index in [1.807, 2.05) is 35.2 Å². The Hall–Kier alpha value is -3.34. The van der Waals surface area contributed by atoms with Crippen molar-refractivity contribution in [1.29, 1.82) is 0 Å². The maximum Gasteiger partial charge on any atom is 0.337 e. The Morgan fingerprint density at radius 1 is 1.06 bits per heavy atom. The van der Waals surface area contributed by atoms with Gasteiger partial charge in [0.25, 0.3) is 5.91 Å². The molecule has 190 valence electrons. The highest BCUT2D eigenvalue weighted by Crippen LogP contribution is 2.27. The van der Waals surface area contributed by atoms with Crippen LogP contribution in [0.2, 0.25) is 0 Å². The molecule has 0 aliphatic carbocycles. The summed E-state index contributed by atoms with van der Waals surface area (Å²) >= 11 is 5.72. The number of carbonyl (C=O) groups excluding carboxylic acids is 3. The normalized spacial score (nSPS) is 18.4. The number of morpholine rings is 1. The lowest BCUT2D eigenvalue weighted by molar-refractivity contribution is -0.124. The Balaban J connectivity index is 1.44. The van der Waals surface area contributed by atoms with Crippen LogP contribution in [0.3, 0.4) is 0 Å². The molecule has 2 fully saturated rings. The fourth-order valence-corrected chi connectivity index (χ4v) is 4.80. The maximum atomic E-state index is 13.5. The minimum Gasteiger partial charge on any atom is -0.465 e. The fraction of sp³-hybridized carbons (Fsp3) is 0.385. The van der Waals surface area contributed by atoms with E-state index < -0.39 is 12.0 Å². The number of esters is 1. The highest BCUT2D eigenvalue weighted by Gasteiger charge is 2.43. The van der Waals surface area contributed by atoms with Crippen LogP contribution >= 0.6 is 12.2 Å². The van der Waals surface area contributed by atoms with Gasteiger partial charge in [-0.3, -0.25) is 19.4 Å². The number of methoxy groups -OCH3 is 1. The van der Waals surface area contributed by atoms with Gasteiger partial charge in [0.05, 0.1) is 38.0 Å². The van der Waals surface area contributed by atoms with Gasteiger partial charge in [0.1, 0.15) is 6.04 Å². The quantitative estimate of drug-likeness (QED) is 0.407. The molecule has 0 saturated carbocycles. The van der Waals surface area contributed by atoms with Gasteiger partial charge < -0.3 is 19.7 Å². The monoisotopic (exact) mass is 510 g/mol. The third-order valence-electron chi connectivity index (χ3n) is 6.28. The number of hydrogen-bond acceptors (Lipinski definition) is 7. The van der Waals surface area contributed by atoms with Crippen LogP contribution in [0.4, 0.5) is 11.4 Å². The molecule has 2 heterocycles. The number of amides is 2. The highest BCUT2D eigenvalue weighted by molar-refractivity contribution is 7.80. The Morgan fingerprint density at radius 2 is 1.75 bits per heavy atom. The van der Waals surface area contributed by atoms with Gasteiger partial charge in [0.2, 0.25) is 5.91 Å². The predicted molar refractivity (Wildman–Crippen MR) is 140 cm³/mol. The zero-order valence-corrected chi connectivity index (χ0v) is 21.0. The molecule has 2 aromatic carbocycles. The number of nitrogens with zero attached hydrogens (tertiary/aromatic N) is 3. The molecule has 2 saturated heterocycles. The number of para-hydroxylation sites is 1. The van der Waals surface area contributed by atoms with Crippen LogP contribution in [0.1, 0.15) is 23.2 Å². The lowest BCUT2D eigenvalue weighted by Gasteiger charge is -2.28. The van der Waals surface area contributed by atoms with Crippen LogP contribution in [-0.4, -0.2) is 85.2 Å². The summed E-state index contributed by atoms with van der Waals surface area (Å²) in [6.45, 7) is 4.67. The first kappa shape index (κ1) is 25.7. The standard InChI is InChI=1S/C26H30N4O5S/c1-34-25(33)19-8-10-20(11-9-19)27-23(31)18-22-24(32)30(21-6-3-2-4-7-21)26(36)29(22)13-5-12-28-14-16-35-17-15-28/h2-4,6-11,22H,5,12-18H2,1H3,(H,27,31)/t22-/m1/s1. The molecule has 0 radical (unpaired) electrons. The van der Waals surface area contributed by atoms with Crippen molar-refractivity contribution in [2.45, 2.75) is 18.9 Å². The van der Waals surface area contributed by atoms with E-state index in [0.29, 0.717) is 28.6 Å². The van der Waals surface area contributed by atoms with E-state index in [4.69, 9.17) is 21.7 Å². The molecule has 0 bridgehead atoms. The van der Waals surface area contributed by atoms with E-state index in [2.05, 4.69) is 10.2 Å². The summed E-state index contributed by atoms with van der Waals surface area (Å²) in [5, 5.41) is 3.23. The van der Waals surface area contributed by atoms with E-state index in [1.54, 1.807) is 24.3 Å². The minimum absolute atomic E-state index is 0.0430. The lowest BCUT2D eigenvalue weighted by atomic mass is 10.1. The van der Waals surface area contributed by atoms with E-state index in [0.717, 1.165) is 39.3 Å². The summed E-state index contributed by atoms with van der Waals surface area (Å²) in [4.78, 5) is 43.8. The van der Waals surface area contributed by atoms with Crippen LogP contribution in [0.5, 0.6) is 0 Å². The molecule has 0 unspecified atom stereocenters. The van der Waals surface area contributed by atoms with Gasteiger partial charge in [0.15, 0.2) is 5.11 Å². The van der Waals surface area contributed by atoms with Crippen LogP contribution in [-0.2, 0) is 19.1 Å². The molecule has 10 heteroatoms. The van der Waals surface area contributed by atoms with Gasteiger partial charge in [-0.25, -0.2) is 4.79 Å². The van der Waals surface area contributed by atoms with Crippen molar-refractivity contribution >= 4 is 46.5 Å². The molecule has 0 spiro atoms. The number of ether oxygens (including phenoxy) is 2. The van der Waals surface area contributed by atoms with Gasteiger partial charge in [-0.1, -0.05) is 18.2 Å². The van der Waals surface area contributed by atoms with Crippen molar-refractivity contribution < 1.29 is 23.9 Å². The second kappa shape index (κ2) is 12.1. The van der Waals surface area contributed by atoms with Gasteiger partial charge in [-0.05, 0) is 55.0 Å². The minimum atomic E-state index is -0.697. The first-order chi connectivity index (χ1) is 17.5. The average molecular weight is 511 g/mol. The smallest absolute Gasteiger partial charge is 0.337 e. The Kier molecular flexibility index (Phi) is 8.63. The van der Waals surface area contributed by atoms with E-state index in [9.17, 15) is 14.4 Å². The number of anilines is 2. The number of hydrogen-bond donors (Lipinski definition) is 1. The lowest BCUT2D eigenvalue weighted by Crippen LogP contribution is -2.41. The Labute approximate surface area is 215 Å². The Morgan fingerprint density at radius 3 is 2.42 bits per heavy atom. The highest BCUT2D eigenvalue weighted by atomic mass is 32.1. The Bertz CT molecular complexity index is 1090. The van der Waals surface area contributed by atoms with E-state index in [-0.39, 0.29) is 18.2 Å².